The molecule has 0 spiro atoms. The predicted octanol–water partition coefficient (Wildman–Crippen LogP) is 1.02. The molecular weight excluding hydrogens is 321 g/mol. The molecule has 0 radical (unpaired) electrons. The Morgan fingerprint density at radius 1 is 1.26 bits per heavy atom. The molecule has 2 rings (SSSR count). The summed E-state index contributed by atoms with van der Waals surface area (Å²) in [4.78, 5) is 32.8. The summed E-state index contributed by atoms with van der Waals surface area (Å²) in [5.41, 5.74) is -0.608. The van der Waals surface area contributed by atoms with E-state index < -0.39 is 36.9 Å². The second kappa shape index (κ2) is 6.83. The van der Waals surface area contributed by atoms with E-state index in [4.69, 9.17) is 5.11 Å². The molecular formula is C15H20NO6P. The van der Waals surface area contributed by atoms with Crippen molar-refractivity contribution >= 4 is 19.3 Å². The number of carbonyl (C=O) groups is 2. The molecule has 1 aromatic carbocycles. The number of carboxylic acid groups (broad SMARTS) is 2. The number of aryl methyl sites for hydroxylation is 1. The summed E-state index contributed by atoms with van der Waals surface area (Å²) in [7, 11) is -3.70. The first-order chi connectivity index (χ1) is 10.7. The molecule has 1 fully saturated rings. The molecule has 126 valence electrons. The van der Waals surface area contributed by atoms with E-state index in [1.807, 2.05) is 30.3 Å². The van der Waals surface area contributed by atoms with E-state index in [9.17, 15) is 24.2 Å². The monoisotopic (exact) mass is 341 g/mol. The number of benzene rings is 1. The Hall–Kier alpha value is -1.69. The van der Waals surface area contributed by atoms with Crippen LogP contribution in [0.2, 0.25) is 0 Å². The van der Waals surface area contributed by atoms with Crippen LogP contribution >= 0.6 is 7.37 Å². The molecule has 1 aliphatic heterocycles. The van der Waals surface area contributed by atoms with Crippen molar-refractivity contribution in [1.29, 1.82) is 0 Å². The molecule has 1 saturated heterocycles. The van der Waals surface area contributed by atoms with Crippen LogP contribution in [0.3, 0.4) is 0 Å². The number of nitrogens with one attached hydrogen (secondary N) is 1. The van der Waals surface area contributed by atoms with E-state index in [0.29, 0.717) is 6.42 Å². The highest BCUT2D eigenvalue weighted by molar-refractivity contribution is 7.58. The van der Waals surface area contributed by atoms with Crippen LogP contribution in [0.1, 0.15) is 12.0 Å². The summed E-state index contributed by atoms with van der Waals surface area (Å²) in [6.45, 7) is -0.116. The molecule has 7 nitrogen and oxygen atoms in total. The molecule has 0 saturated carbocycles. The molecule has 23 heavy (non-hydrogen) atoms. The largest absolute Gasteiger partial charge is 0.481 e. The molecule has 0 aromatic heterocycles. The minimum Gasteiger partial charge on any atom is -0.481 e. The Bertz CT molecular complexity index is 634. The van der Waals surface area contributed by atoms with Crippen molar-refractivity contribution in [3.8, 4) is 0 Å². The zero-order chi connectivity index (χ0) is 17.1. The van der Waals surface area contributed by atoms with E-state index in [1.165, 1.54) is 0 Å². The average molecular weight is 341 g/mol. The molecule has 3 unspecified atom stereocenters. The molecule has 1 aromatic rings. The summed E-state index contributed by atoms with van der Waals surface area (Å²) in [5.74, 6) is -2.38. The Morgan fingerprint density at radius 2 is 1.91 bits per heavy atom. The van der Waals surface area contributed by atoms with Crippen LogP contribution in [0.4, 0.5) is 0 Å². The fraction of sp³-hybridized carbons (Fsp3) is 0.467. The summed E-state index contributed by atoms with van der Waals surface area (Å²) in [6.07, 6.45) is -0.254. The third-order valence-electron chi connectivity index (χ3n) is 4.18. The SMILES string of the molecule is O=C(O)C1CC(CP(=O)(O)CCc2ccccc2)(C(=O)O)CN1. The van der Waals surface area contributed by atoms with Crippen LogP contribution in [0, 0.1) is 5.41 Å². The van der Waals surface area contributed by atoms with Crippen LogP contribution in [0.15, 0.2) is 30.3 Å². The van der Waals surface area contributed by atoms with E-state index in [1.54, 1.807) is 0 Å². The predicted molar refractivity (Wildman–Crippen MR) is 83.8 cm³/mol. The first-order valence-electron chi connectivity index (χ1n) is 7.28. The summed E-state index contributed by atoms with van der Waals surface area (Å²) >= 11 is 0. The maximum atomic E-state index is 12.4. The fourth-order valence-electron chi connectivity index (χ4n) is 2.88. The zero-order valence-corrected chi connectivity index (χ0v) is 13.4. The quantitative estimate of drug-likeness (QED) is 0.546. The Balaban J connectivity index is 2.06. The van der Waals surface area contributed by atoms with Crippen LogP contribution in [0.5, 0.6) is 0 Å². The van der Waals surface area contributed by atoms with E-state index in [-0.39, 0.29) is 19.1 Å². The molecule has 0 amide bonds. The summed E-state index contributed by atoms with van der Waals surface area (Å²) in [6, 6.07) is 8.18. The fourth-order valence-corrected chi connectivity index (χ4v) is 4.97. The van der Waals surface area contributed by atoms with Gasteiger partial charge in [-0.3, -0.25) is 14.2 Å². The van der Waals surface area contributed by atoms with Crippen molar-refractivity contribution in [1.82, 2.24) is 5.32 Å². The Kier molecular flexibility index (Phi) is 5.24. The van der Waals surface area contributed by atoms with Crippen LogP contribution in [-0.4, -0.2) is 52.0 Å². The Labute approximate surface area is 133 Å². The molecule has 1 heterocycles. The number of hydrogen-bond donors (Lipinski definition) is 4. The highest BCUT2D eigenvalue weighted by atomic mass is 31.2. The van der Waals surface area contributed by atoms with Gasteiger partial charge < -0.3 is 20.4 Å². The van der Waals surface area contributed by atoms with Crippen molar-refractivity contribution in [2.24, 2.45) is 5.41 Å². The van der Waals surface area contributed by atoms with Crippen LogP contribution < -0.4 is 5.32 Å². The van der Waals surface area contributed by atoms with Crippen molar-refractivity contribution in [2.45, 2.75) is 18.9 Å². The van der Waals surface area contributed by atoms with Gasteiger partial charge in [0.1, 0.15) is 6.04 Å². The van der Waals surface area contributed by atoms with Gasteiger partial charge in [-0.15, -0.1) is 0 Å². The highest BCUT2D eigenvalue weighted by Crippen LogP contribution is 2.49. The van der Waals surface area contributed by atoms with Gasteiger partial charge in [0.25, 0.3) is 0 Å². The normalized spacial score (nSPS) is 26.6. The van der Waals surface area contributed by atoms with Gasteiger partial charge in [-0.1, -0.05) is 30.3 Å². The summed E-state index contributed by atoms with van der Waals surface area (Å²) in [5, 5.41) is 21.0. The van der Waals surface area contributed by atoms with Gasteiger partial charge in [-0.05, 0) is 18.4 Å². The first kappa shape index (κ1) is 17.7. The minimum atomic E-state index is -3.70. The molecule has 8 heteroatoms. The van der Waals surface area contributed by atoms with Crippen LogP contribution in [0.25, 0.3) is 0 Å². The third kappa shape index (κ3) is 4.41. The lowest BCUT2D eigenvalue weighted by atomic mass is 9.88. The van der Waals surface area contributed by atoms with Crippen molar-refractivity contribution < 1.29 is 29.3 Å². The summed E-state index contributed by atoms with van der Waals surface area (Å²) < 4.78 is 12.4. The minimum absolute atomic E-state index is 0.0240. The van der Waals surface area contributed by atoms with E-state index >= 15 is 0 Å². The molecule has 0 aliphatic carbocycles. The van der Waals surface area contributed by atoms with E-state index in [0.717, 1.165) is 5.56 Å². The lowest BCUT2D eigenvalue weighted by Gasteiger charge is -2.26. The van der Waals surface area contributed by atoms with Gasteiger partial charge in [0.2, 0.25) is 7.37 Å². The van der Waals surface area contributed by atoms with Crippen molar-refractivity contribution in [3.63, 3.8) is 0 Å². The van der Waals surface area contributed by atoms with Crippen molar-refractivity contribution in [2.75, 3.05) is 18.9 Å². The zero-order valence-electron chi connectivity index (χ0n) is 12.5. The molecule has 0 bridgehead atoms. The molecule has 1 aliphatic rings. The van der Waals surface area contributed by atoms with Crippen molar-refractivity contribution in [3.05, 3.63) is 35.9 Å². The topological polar surface area (TPSA) is 124 Å². The van der Waals surface area contributed by atoms with Gasteiger partial charge in [0, 0.05) is 18.9 Å². The Morgan fingerprint density at radius 3 is 2.43 bits per heavy atom. The van der Waals surface area contributed by atoms with Gasteiger partial charge in [-0.2, -0.15) is 0 Å². The average Bonchev–Trinajstić information content (AvgIpc) is 2.91. The van der Waals surface area contributed by atoms with Gasteiger partial charge in [0.15, 0.2) is 0 Å². The van der Waals surface area contributed by atoms with Crippen LogP contribution in [-0.2, 0) is 20.6 Å². The molecule has 4 N–H and O–H groups in total. The maximum Gasteiger partial charge on any atom is 0.320 e. The number of hydrogen-bond acceptors (Lipinski definition) is 4. The van der Waals surface area contributed by atoms with Gasteiger partial charge >= 0.3 is 11.9 Å². The molecule has 3 atom stereocenters. The lowest BCUT2D eigenvalue weighted by molar-refractivity contribution is -0.147. The third-order valence-corrected chi connectivity index (χ3v) is 6.20. The highest BCUT2D eigenvalue weighted by Gasteiger charge is 2.51. The van der Waals surface area contributed by atoms with Gasteiger partial charge in [-0.25, -0.2) is 0 Å². The number of rotatable bonds is 7. The van der Waals surface area contributed by atoms with Gasteiger partial charge in [0.05, 0.1) is 5.41 Å². The lowest BCUT2D eigenvalue weighted by Crippen LogP contribution is -2.37. The number of carboxylic acids is 2. The second-order valence-electron chi connectivity index (χ2n) is 6.02. The van der Waals surface area contributed by atoms with E-state index in [2.05, 4.69) is 5.32 Å². The standard InChI is InChI=1S/C15H20NO6P/c17-13(18)12-8-15(9-16-12,14(19)20)10-23(21,22)7-6-11-4-2-1-3-5-11/h1-5,12,16H,6-10H2,(H,17,18)(H,19,20)(H,21,22). The number of aliphatic carboxylic acids is 2. The smallest absolute Gasteiger partial charge is 0.320 e. The second-order valence-corrected chi connectivity index (χ2v) is 8.48. The first-order valence-corrected chi connectivity index (χ1v) is 9.31. The maximum absolute atomic E-state index is 12.4.